The van der Waals surface area contributed by atoms with Gasteiger partial charge in [-0.2, -0.15) is 0 Å². The standard InChI is InChI=1S/C11H10O3/c1-2-3-7-4-5-8-9(6-7)11(13)14-10(8)12/h4-6H,2-3H2,1H3. The quantitative estimate of drug-likeness (QED) is 0.528. The number of ether oxygens (including phenoxy) is 1. The fourth-order valence-electron chi connectivity index (χ4n) is 1.58. The minimum Gasteiger partial charge on any atom is -0.386 e. The van der Waals surface area contributed by atoms with Gasteiger partial charge in [0.05, 0.1) is 11.1 Å². The first-order valence-corrected chi connectivity index (χ1v) is 4.62. The summed E-state index contributed by atoms with van der Waals surface area (Å²) < 4.78 is 4.49. The topological polar surface area (TPSA) is 43.4 Å². The summed E-state index contributed by atoms with van der Waals surface area (Å²) in [6, 6.07) is 5.27. The van der Waals surface area contributed by atoms with Gasteiger partial charge in [0.15, 0.2) is 0 Å². The Kier molecular flexibility index (Phi) is 2.08. The lowest BCUT2D eigenvalue weighted by Crippen LogP contribution is -1.97. The Hall–Kier alpha value is -1.64. The summed E-state index contributed by atoms with van der Waals surface area (Å²) in [6.07, 6.45) is 1.93. The van der Waals surface area contributed by atoms with E-state index in [1.54, 1.807) is 12.1 Å². The molecule has 14 heavy (non-hydrogen) atoms. The number of hydrogen-bond acceptors (Lipinski definition) is 3. The van der Waals surface area contributed by atoms with Crippen molar-refractivity contribution in [2.75, 3.05) is 0 Å². The number of benzene rings is 1. The molecule has 1 aromatic carbocycles. The minimum atomic E-state index is -0.534. The van der Waals surface area contributed by atoms with Gasteiger partial charge in [-0.05, 0) is 24.1 Å². The molecule has 3 heteroatoms. The van der Waals surface area contributed by atoms with E-state index in [2.05, 4.69) is 11.7 Å². The van der Waals surface area contributed by atoms with E-state index >= 15 is 0 Å². The molecule has 0 aliphatic carbocycles. The van der Waals surface area contributed by atoms with Crippen molar-refractivity contribution in [2.24, 2.45) is 0 Å². The van der Waals surface area contributed by atoms with Crippen LogP contribution in [0, 0.1) is 0 Å². The van der Waals surface area contributed by atoms with Crippen LogP contribution in [0.5, 0.6) is 0 Å². The van der Waals surface area contributed by atoms with Crippen LogP contribution in [0.1, 0.15) is 39.6 Å². The smallest absolute Gasteiger partial charge is 0.346 e. The molecule has 2 rings (SSSR count). The zero-order valence-corrected chi connectivity index (χ0v) is 7.87. The van der Waals surface area contributed by atoms with Crippen molar-refractivity contribution >= 4 is 11.9 Å². The molecular formula is C11H10O3. The first-order chi connectivity index (χ1) is 6.72. The van der Waals surface area contributed by atoms with Gasteiger partial charge in [0, 0.05) is 0 Å². The van der Waals surface area contributed by atoms with E-state index in [-0.39, 0.29) is 0 Å². The third kappa shape index (κ3) is 1.31. The van der Waals surface area contributed by atoms with Gasteiger partial charge in [0.1, 0.15) is 0 Å². The molecule has 1 aliphatic heterocycles. The molecule has 0 radical (unpaired) electrons. The highest BCUT2D eigenvalue weighted by Crippen LogP contribution is 2.21. The molecule has 0 atom stereocenters. The summed E-state index contributed by atoms with van der Waals surface area (Å²) in [6.45, 7) is 2.07. The van der Waals surface area contributed by atoms with E-state index in [1.807, 2.05) is 6.07 Å². The van der Waals surface area contributed by atoms with Crippen LogP contribution in [0.2, 0.25) is 0 Å². The zero-order chi connectivity index (χ0) is 10.1. The van der Waals surface area contributed by atoms with Crippen LogP contribution in [0.25, 0.3) is 0 Å². The summed E-state index contributed by atoms with van der Waals surface area (Å²) in [5.74, 6) is -1.06. The van der Waals surface area contributed by atoms with E-state index in [0.717, 1.165) is 18.4 Å². The summed E-state index contributed by atoms with van der Waals surface area (Å²) in [4.78, 5) is 22.3. The largest absolute Gasteiger partial charge is 0.386 e. The number of carbonyl (C=O) groups excluding carboxylic acids is 2. The fourth-order valence-corrected chi connectivity index (χ4v) is 1.58. The number of fused-ring (bicyclic) bond motifs is 1. The molecule has 0 spiro atoms. The van der Waals surface area contributed by atoms with Crippen molar-refractivity contribution in [3.63, 3.8) is 0 Å². The van der Waals surface area contributed by atoms with E-state index in [9.17, 15) is 9.59 Å². The highest BCUT2D eigenvalue weighted by molar-refractivity contribution is 6.14. The molecule has 0 bridgehead atoms. The monoisotopic (exact) mass is 190 g/mol. The van der Waals surface area contributed by atoms with Gasteiger partial charge >= 0.3 is 11.9 Å². The van der Waals surface area contributed by atoms with Crippen LogP contribution in [0.15, 0.2) is 18.2 Å². The predicted octanol–water partition coefficient (Wildman–Crippen LogP) is 1.95. The van der Waals surface area contributed by atoms with Gasteiger partial charge in [-0.25, -0.2) is 9.59 Å². The van der Waals surface area contributed by atoms with Crippen molar-refractivity contribution in [2.45, 2.75) is 19.8 Å². The van der Waals surface area contributed by atoms with Crippen LogP contribution in [-0.4, -0.2) is 11.9 Å². The van der Waals surface area contributed by atoms with E-state index < -0.39 is 11.9 Å². The highest BCUT2D eigenvalue weighted by Gasteiger charge is 2.29. The molecule has 1 aliphatic rings. The number of cyclic esters (lactones) is 2. The molecule has 0 saturated carbocycles. The fraction of sp³-hybridized carbons (Fsp3) is 0.273. The lowest BCUT2D eigenvalue weighted by atomic mass is 10.0. The van der Waals surface area contributed by atoms with Crippen molar-refractivity contribution in [1.29, 1.82) is 0 Å². The maximum Gasteiger partial charge on any atom is 0.346 e. The van der Waals surface area contributed by atoms with E-state index in [0.29, 0.717) is 11.1 Å². The van der Waals surface area contributed by atoms with Gasteiger partial charge < -0.3 is 4.74 Å². The Balaban J connectivity index is 2.44. The molecule has 0 aromatic heterocycles. The first-order valence-electron chi connectivity index (χ1n) is 4.62. The van der Waals surface area contributed by atoms with E-state index in [1.165, 1.54) is 0 Å². The van der Waals surface area contributed by atoms with Gasteiger partial charge in [-0.1, -0.05) is 19.4 Å². The maximum absolute atomic E-state index is 11.2. The molecule has 1 heterocycles. The molecule has 1 aromatic rings. The lowest BCUT2D eigenvalue weighted by Gasteiger charge is -1.98. The summed E-state index contributed by atoms with van der Waals surface area (Å²) in [5.41, 5.74) is 1.86. The Morgan fingerprint density at radius 3 is 2.57 bits per heavy atom. The van der Waals surface area contributed by atoms with Crippen molar-refractivity contribution in [1.82, 2.24) is 0 Å². The van der Waals surface area contributed by atoms with Gasteiger partial charge in [0.2, 0.25) is 0 Å². The normalized spacial score (nSPS) is 14.1. The Bertz CT molecular complexity index is 407. The molecule has 0 amide bonds. The molecule has 0 saturated heterocycles. The molecule has 0 unspecified atom stereocenters. The van der Waals surface area contributed by atoms with Gasteiger partial charge in [-0.3, -0.25) is 0 Å². The van der Waals surface area contributed by atoms with Crippen LogP contribution >= 0.6 is 0 Å². The van der Waals surface area contributed by atoms with Crippen molar-refractivity contribution in [3.05, 3.63) is 34.9 Å². The summed E-state index contributed by atoms with van der Waals surface area (Å²) in [5, 5.41) is 0. The maximum atomic E-state index is 11.2. The second-order valence-corrected chi connectivity index (χ2v) is 3.31. The Morgan fingerprint density at radius 1 is 1.14 bits per heavy atom. The van der Waals surface area contributed by atoms with Gasteiger partial charge in [0.25, 0.3) is 0 Å². The van der Waals surface area contributed by atoms with Crippen LogP contribution < -0.4 is 0 Å². The number of rotatable bonds is 2. The Morgan fingerprint density at radius 2 is 1.86 bits per heavy atom. The average Bonchev–Trinajstić information content (AvgIpc) is 2.43. The summed E-state index contributed by atoms with van der Waals surface area (Å²) >= 11 is 0. The third-order valence-corrected chi connectivity index (χ3v) is 2.25. The molecule has 3 nitrogen and oxygen atoms in total. The SMILES string of the molecule is CCCc1ccc2c(c1)C(=O)OC2=O. The molecule has 0 N–H and O–H groups in total. The second-order valence-electron chi connectivity index (χ2n) is 3.31. The van der Waals surface area contributed by atoms with Gasteiger partial charge in [-0.15, -0.1) is 0 Å². The molecule has 0 fully saturated rings. The minimum absolute atomic E-state index is 0.384. The summed E-state index contributed by atoms with van der Waals surface area (Å²) in [7, 11) is 0. The van der Waals surface area contributed by atoms with Crippen LogP contribution in [0.3, 0.4) is 0 Å². The number of carbonyl (C=O) groups is 2. The van der Waals surface area contributed by atoms with Crippen LogP contribution in [0.4, 0.5) is 0 Å². The molecular weight excluding hydrogens is 180 g/mol. The van der Waals surface area contributed by atoms with E-state index in [4.69, 9.17) is 0 Å². The van der Waals surface area contributed by atoms with Crippen molar-refractivity contribution < 1.29 is 14.3 Å². The third-order valence-electron chi connectivity index (χ3n) is 2.25. The van der Waals surface area contributed by atoms with Crippen molar-refractivity contribution in [3.8, 4) is 0 Å². The number of esters is 2. The predicted molar refractivity (Wildman–Crippen MR) is 50.2 cm³/mol. The van der Waals surface area contributed by atoms with Crippen LogP contribution in [-0.2, 0) is 11.2 Å². The number of hydrogen-bond donors (Lipinski definition) is 0. The average molecular weight is 190 g/mol. The second kappa shape index (κ2) is 3.25. The first kappa shape index (κ1) is 8.94. The highest BCUT2D eigenvalue weighted by atomic mass is 16.6. The molecule has 72 valence electrons. The number of aryl methyl sites for hydroxylation is 1. The lowest BCUT2D eigenvalue weighted by molar-refractivity contribution is 0.0444. The zero-order valence-electron chi connectivity index (χ0n) is 7.87. The Labute approximate surface area is 81.7 Å².